The number of amides is 2. The first kappa shape index (κ1) is 26.3. The second-order valence-corrected chi connectivity index (χ2v) is 9.09. The van der Waals surface area contributed by atoms with Gasteiger partial charge in [0, 0.05) is 30.4 Å². The Bertz CT molecular complexity index is 1120. The third kappa shape index (κ3) is 7.84. The molecule has 0 spiro atoms. The molecule has 0 aliphatic rings. The lowest BCUT2D eigenvalue weighted by Crippen LogP contribution is -2.31. The molecule has 0 aliphatic carbocycles. The number of benzene rings is 3. The zero-order valence-corrected chi connectivity index (χ0v) is 20.8. The highest BCUT2D eigenvalue weighted by molar-refractivity contribution is 5.89. The average Bonchev–Trinajstić information content (AvgIpc) is 2.86. The van der Waals surface area contributed by atoms with Crippen LogP contribution >= 0.6 is 0 Å². The van der Waals surface area contributed by atoms with Gasteiger partial charge in [-0.15, -0.1) is 0 Å². The number of hydrogen-bond donors (Lipinski definition) is 5. The summed E-state index contributed by atoms with van der Waals surface area (Å²) in [6.07, 6.45) is 1.76. The zero-order chi connectivity index (χ0) is 25.2. The van der Waals surface area contributed by atoms with Crippen molar-refractivity contribution in [3.05, 3.63) is 94.5 Å². The molecule has 0 fully saturated rings. The minimum atomic E-state index is -0.218. The predicted molar refractivity (Wildman–Crippen MR) is 142 cm³/mol. The van der Waals surface area contributed by atoms with Gasteiger partial charge in [0.2, 0.25) is 0 Å². The summed E-state index contributed by atoms with van der Waals surface area (Å²) in [5.41, 5.74) is 5.90. The maximum atomic E-state index is 12.4. The zero-order valence-electron chi connectivity index (χ0n) is 20.8. The number of rotatable bonds is 11. The summed E-state index contributed by atoms with van der Waals surface area (Å²) < 4.78 is 0. The van der Waals surface area contributed by atoms with Crippen LogP contribution in [-0.4, -0.2) is 28.8 Å². The van der Waals surface area contributed by atoms with E-state index < -0.39 is 0 Å². The number of nitrogens with one attached hydrogen (secondary N) is 3. The van der Waals surface area contributed by atoms with Gasteiger partial charge in [-0.2, -0.15) is 0 Å². The lowest BCUT2D eigenvalue weighted by Gasteiger charge is -2.19. The highest BCUT2D eigenvalue weighted by Crippen LogP contribution is 2.23. The molecule has 0 aliphatic heterocycles. The van der Waals surface area contributed by atoms with Crippen molar-refractivity contribution in [3.8, 4) is 5.75 Å². The predicted octanol–water partition coefficient (Wildman–Crippen LogP) is 5.09. The van der Waals surface area contributed by atoms with E-state index in [0.29, 0.717) is 12.1 Å². The molecule has 186 valence electrons. The van der Waals surface area contributed by atoms with E-state index in [2.05, 4.69) is 48.9 Å². The third-order valence-corrected chi connectivity index (χ3v) is 6.28. The quantitative estimate of drug-likeness (QED) is 0.267. The molecule has 6 nitrogen and oxygen atoms in total. The smallest absolute Gasteiger partial charge is 0.319 e. The van der Waals surface area contributed by atoms with Crippen LogP contribution in [-0.2, 0) is 26.0 Å². The molecule has 5 N–H and O–H groups in total. The van der Waals surface area contributed by atoms with Gasteiger partial charge < -0.3 is 26.2 Å². The molecular formula is C29H37N3O3. The molecular weight excluding hydrogens is 438 g/mol. The number of phenols is 1. The normalized spacial score (nSPS) is 12.7. The Balaban J connectivity index is 1.48. The molecule has 0 radical (unpaired) electrons. The molecule has 35 heavy (non-hydrogen) atoms. The first-order chi connectivity index (χ1) is 16.9. The topological polar surface area (TPSA) is 93.6 Å². The van der Waals surface area contributed by atoms with Gasteiger partial charge in [0.1, 0.15) is 5.75 Å². The second kappa shape index (κ2) is 12.9. The summed E-state index contributed by atoms with van der Waals surface area (Å²) in [5, 5.41) is 28.6. The van der Waals surface area contributed by atoms with Crippen LogP contribution in [0.5, 0.6) is 5.75 Å². The molecule has 2 unspecified atom stereocenters. The van der Waals surface area contributed by atoms with Crippen LogP contribution in [0, 0.1) is 0 Å². The summed E-state index contributed by atoms with van der Waals surface area (Å²) in [4.78, 5) is 12.4. The Morgan fingerprint density at radius 3 is 2.46 bits per heavy atom. The fourth-order valence-corrected chi connectivity index (χ4v) is 4.16. The van der Waals surface area contributed by atoms with Gasteiger partial charge in [0.25, 0.3) is 0 Å². The van der Waals surface area contributed by atoms with Crippen molar-refractivity contribution in [1.29, 1.82) is 0 Å². The van der Waals surface area contributed by atoms with Crippen LogP contribution in [0.3, 0.4) is 0 Å². The number of aliphatic hydroxyl groups excluding tert-OH is 1. The molecule has 0 saturated carbocycles. The van der Waals surface area contributed by atoms with Gasteiger partial charge in [0.05, 0.1) is 6.61 Å². The number of aliphatic hydroxyl groups is 1. The van der Waals surface area contributed by atoms with Crippen molar-refractivity contribution in [2.75, 3.05) is 11.9 Å². The molecule has 0 saturated heterocycles. The molecule has 2 atom stereocenters. The van der Waals surface area contributed by atoms with Crippen molar-refractivity contribution in [2.24, 2.45) is 0 Å². The second-order valence-electron chi connectivity index (χ2n) is 9.09. The fourth-order valence-electron chi connectivity index (χ4n) is 4.16. The van der Waals surface area contributed by atoms with Crippen molar-refractivity contribution < 1.29 is 15.0 Å². The van der Waals surface area contributed by atoms with Crippen molar-refractivity contribution in [1.82, 2.24) is 10.6 Å². The fraction of sp³-hybridized carbons (Fsp3) is 0.345. The van der Waals surface area contributed by atoms with Crippen molar-refractivity contribution >= 4 is 11.7 Å². The Morgan fingerprint density at radius 1 is 0.943 bits per heavy atom. The number of urea groups is 1. The van der Waals surface area contributed by atoms with Crippen LogP contribution in [0.2, 0.25) is 0 Å². The first-order valence-electron chi connectivity index (χ1n) is 12.3. The number of anilines is 1. The third-order valence-electron chi connectivity index (χ3n) is 6.28. The van der Waals surface area contributed by atoms with Gasteiger partial charge >= 0.3 is 6.03 Å². The van der Waals surface area contributed by atoms with Gasteiger partial charge in [-0.1, -0.05) is 56.3 Å². The lowest BCUT2D eigenvalue weighted by atomic mass is 9.98. The Hall–Kier alpha value is -3.35. The summed E-state index contributed by atoms with van der Waals surface area (Å²) in [6.45, 7) is 7.47. The van der Waals surface area contributed by atoms with Gasteiger partial charge in [-0.25, -0.2) is 4.79 Å². The summed E-state index contributed by atoms with van der Waals surface area (Å²) in [7, 11) is 0. The van der Waals surface area contributed by atoms with Crippen molar-refractivity contribution in [2.45, 2.75) is 58.7 Å². The lowest BCUT2D eigenvalue weighted by molar-refractivity contribution is 0.251. The molecule has 3 aromatic rings. The number of hydrogen-bond acceptors (Lipinski definition) is 4. The van der Waals surface area contributed by atoms with Gasteiger partial charge in [-0.05, 0) is 72.2 Å². The largest absolute Gasteiger partial charge is 0.508 e. The average molecular weight is 476 g/mol. The monoisotopic (exact) mass is 475 g/mol. The SMILES string of the molecule is CCc1ccccc1CNC(=O)Nc1cccc(CC(C)NCC(C)c2ccc(O)c(CO)c2)c1. The Morgan fingerprint density at radius 2 is 1.71 bits per heavy atom. The van der Waals surface area contributed by atoms with Gasteiger partial charge in [-0.3, -0.25) is 0 Å². The van der Waals surface area contributed by atoms with Crippen LogP contribution in [0.25, 0.3) is 0 Å². The molecule has 2 amide bonds. The Kier molecular flexibility index (Phi) is 9.70. The van der Waals surface area contributed by atoms with Gasteiger partial charge in [0.15, 0.2) is 0 Å². The van der Waals surface area contributed by atoms with E-state index >= 15 is 0 Å². The van der Waals surface area contributed by atoms with Crippen molar-refractivity contribution in [3.63, 3.8) is 0 Å². The van der Waals surface area contributed by atoms with Crippen LogP contribution in [0.1, 0.15) is 54.5 Å². The number of carbonyl (C=O) groups excluding carboxylic acids is 1. The van der Waals surface area contributed by atoms with E-state index in [4.69, 9.17) is 0 Å². The first-order valence-corrected chi connectivity index (χ1v) is 12.3. The van der Waals surface area contributed by atoms with Crippen LogP contribution in [0.15, 0.2) is 66.7 Å². The highest BCUT2D eigenvalue weighted by Gasteiger charge is 2.11. The van der Waals surface area contributed by atoms with E-state index in [9.17, 15) is 15.0 Å². The molecule has 3 rings (SSSR count). The number of aromatic hydroxyl groups is 1. The molecule has 0 bridgehead atoms. The summed E-state index contributed by atoms with van der Waals surface area (Å²) in [6, 6.07) is 21.5. The van der Waals surface area contributed by atoms with E-state index in [0.717, 1.165) is 41.8 Å². The van der Waals surface area contributed by atoms with Crippen LogP contribution < -0.4 is 16.0 Å². The molecule has 0 aromatic heterocycles. The minimum absolute atomic E-state index is 0.123. The summed E-state index contributed by atoms with van der Waals surface area (Å²) in [5.74, 6) is 0.357. The van der Waals surface area contributed by atoms with E-state index in [1.165, 1.54) is 5.56 Å². The number of carbonyl (C=O) groups is 1. The van der Waals surface area contributed by atoms with E-state index in [1.807, 2.05) is 48.5 Å². The maximum Gasteiger partial charge on any atom is 0.319 e. The minimum Gasteiger partial charge on any atom is -0.508 e. The van der Waals surface area contributed by atoms with E-state index in [1.54, 1.807) is 6.07 Å². The molecule has 3 aromatic carbocycles. The standard InChI is InChI=1S/C29H37N3O3/c1-4-23-9-5-6-10-25(23)18-31-29(35)32-27-11-7-8-22(15-27)14-21(3)30-17-20(2)24-12-13-28(34)26(16-24)19-33/h5-13,15-16,20-21,30,33-34H,4,14,17-19H2,1-3H3,(H2,31,32,35). The maximum absolute atomic E-state index is 12.4. The highest BCUT2D eigenvalue weighted by atomic mass is 16.3. The van der Waals surface area contributed by atoms with Crippen LogP contribution in [0.4, 0.5) is 10.5 Å². The van der Waals surface area contributed by atoms with E-state index in [-0.39, 0.29) is 30.3 Å². The summed E-state index contributed by atoms with van der Waals surface area (Å²) >= 11 is 0. The Labute approximate surface area is 208 Å². The number of aryl methyl sites for hydroxylation is 1. The molecule has 6 heteroatoms. The molecule has 0 heterocycles.